The zero-order valence-electron chi connectivity index (χ0n) is 9.20. The average Bonchev–Trinajstić information content (AvgIpc) is 3.04. The summed E-state index contributed by atoms with van der Waals surface area (Å²) in [6.45, 7) is 2.00. The van der Waals surface area contributed by atoms with Gasteiger partial charge in [-0.05, 0) is 24.1 Å². The van der Waals surface area contributed by atoms with E-state index in [1.54, 1.807) is 0 Å². The van der Waals surface area contributed by atoms with E-state index >= 15 is 0 Å². The molecule has 0 bridgehead atoms. The average molecular weight is 285 g/mol. The van der Waals surface area contributed by atoms with Gasteiger partial charge in [-0.3, -0.25) is 0 Å². The van der Waals surface area contributed by atoms with Crippen molar-refractivity contribution in [1.29, 1.82) is 0 Å². The minimum Gasteiger partial charge on any atom is -0.467 e. The Hall–Kier alpha value is -0.870. The normalized spacial score (nSPS) is 27.6. The van der Waals surface area contributed by atoms with E-state index in [-0.39, 0.29) is 5.97 Å². The first-order valence-electron chi connectivity index (χ1n) is 5.15. The Balaban J connectivity index is 2.29. The van der Waals surface area contributed by atoms with E-state index < -0.39 is 11.7 Å². The number of methoxy groups -OCH3 is 1. The highest BCUT2D eigenvalue weighted by atomic mass is 79.9. The van der Waals surface area contributed by atoms with Gasteiger partial charge in [0, 0.05) is 4.47 Å². The number of hydrogen-bond acceptors (Lipinski definition) is 3. The number of ether oxygens (including phenoxy) is 2. The van der Waals surface area contributed by atoms with Crippen LogP contribution in [0, 0.1) is 0 Å². The molecule has 86 valence electrons. The lowest BCUT2D eigenvalue weighted by molar-refractivity contribution is -0.142. The molecule has 1 aliphatic heterocycles. The van der Waals surface area contributed by atoms with E-state index in [0.29, 0.717) is 0 Å². The molecule has 1 fully saturated rings. The molecule has 2 atom stereocenters. The smallest absolute Gasteiger partial charge is 0.338 e. The maximum absolute atomic E-state index is 11.4. The largest absolute Gasteiger partial charge is 0.467 e. The van der Waals surface area contributed by atoms with Gasteiger partial charge in [-0.25, -0.2) is 4.79 Å². The third kappa shape index (κ3) is 1.76. The van der Waals surface area contributed by atoms with Crippen LogP contribution in [-0.2, 0) is 19.9 Å². The number of hydrogen-bond donors (Lipinski definition) is 0. The molecule has 0 N–H and O–H groups in total. The summed E-state index contributed by atoms with van der Waals surface area (Å²) in [4.78, 5) is 11.4. The Labute approximate surface area is 103 Å². The van der Waals surface area contributed by atoms with Crippen LogP contribution in [0.5, 0.6) is 0 Å². The van der Waals surface area contributed by atoms with Crippen molar-refractivity contribution in [3.05, 3.63) is 34.3 Å². The lowest BCUT2D eigenvalue weighted by atomic mass is 9.93. The van der Waals surface area contributed by atoms with Crippen molar-refractivity contribution in [3.63, 3.8) is 0 Å². The van der Waals surface area contributed by atoms with Gasteiger partial charge in [-0.1, -0.05) is 35.0 Å². The van der Waals surface area contributed by atoms with Crippen molar-refractivity contribution < 1.29 is 14.3 Å². The van der Waals surface area contributed by atoms with E-state index in [1.807, 2.05) is 31.2 Å². The molecule has 0 aromatic heterocycles. The molecule has 3 nitrogen and oxygen atoms in total. The molecule has 1 aromatic rings. The van der Waals surface area contributed by atoms with Gasteiger partial charge < -0.3 is 9.47 Å². The number of carbonyl (C=O) groups is 1. The molecule has 0 radical (unpaired) electrons. The third-order valence-corrected chi connectivity index (χ3v) is 3.44. The maximum Gasteiger partial charge on any atom is 0.338 e. The molecule has 1 heterocycles. The van der Waals surface area contributed by atoms with Crippen molar-refractivity contribution >= 4 is 21.9 Å². The summed E-state index contributed by atoms with van der Waals surface area (Å²) in [6, 6.07) is 7.83. The van der Waals surface area contributed by atoms with Crippen LogP contribution in [0.3, 0.4) is 0 Å². The van der Waals surface area contributed by atoms with Crippen LogP contribution in [0.25, 0.3) is 0 Å². The van der Waals surface area contributed by atoms with Crippen LogP contribution in [0.1, 0.15) is 18.9 Å². The van der Waals surface area contributed by atoms with Crippen LogP contribution >= 0.6 is 15.9 Å². The highest BCUT2D eigenvalue weighted by Crippen LogP contribution is 2.49. The van der Waals surface area contributed by atoms with Gasteiger partial charge >= 0.3 is 5.97 Å². The number of halogens is 1. The van der Waals surface area contributed by atoms with Gasteiger partial charge in [0.1, 0.15) is 5.60 Å². The summed E-state index contributed by atoms with van der Waals surface area (Å²) in [5.74, 6) is -0.304. The lowest BCUT2D eigenvalue weighted by Gasteiger charge is -2.10. The van der Waals surface area contributed by atoms with Crippen LogP contribution in [0.15, 0.2) is 28.7 Å². The second-order valence-corrected chi connectivity index (χ2v) is 4.69. The maximum atomic E-state index is 11.4. The summed E-state index contributed by atoms with van der Waals surface area (Å²) in [7, 11) is 1.38. The zero-order chi connectivity index (χ0) is 11.8. The third-order valence-electron chi connectivity index (χ3n) is 2.95. The molecule has 1 aliphatic rings. The summed E-state index contributed by atoms with van der Waals surface area (Å²) >= 11 is 3.41. The quantitative estimate of drug-likeness (QED) is 0.633. The van der Waals surface area contributed by atoms with E-state index in [4.69, 9.17) is 9.47 Å². The standard InChI is InChI=1S/C12H13BrO3/c1-3-12(10(16-12)11(14)15-2)8-5-4-6-9(13)7-8/h4-7,10H,3H2,1-2H3. The summed E-state index contributed by atoms with van der Waals surface area (Å²) < 4.78 is 11.2. The Morgan fingerprint density at radius 1 is 1.62 bits per heavy atom. The minimum atomic E-state index is -0.489. The first-order chi connectivity index (χ1) is 7.64. The summed E-state index contributed by atoms with van der Waals surface area (Å²) in [6.07, 6.45) is 0.292. The van der Waals surface area contributed by atoms with Crippen LogP contribution in [-0.4, -0.2) is 19.2 Å². The van der Waals surface area contributed by atoms with Crippen LogP contribution in [0.2, 0.25) is 0 Å². The topological polar surface area (TPSA) is 38.8 Å². The number of benzene rings is 1. The molecule has 2 rings (SSSR count). The Morgan fingerprint density at radius 2 is 2.38 bits per heavy atom. The summed E-state index contributed by atoms with van der Waals surface area (Å²) in [5.41, 5.74) is 0.524. The van der Waals surface area contributed by atoms with E-state index in [0.717, 1.165) is 16.5 Å². The number of epoxide rings is 1. The molecular formula is C12H13BrO3. The van der Waals surface area contributed by atoms with E-state index in [1.165, 1.54) is 7.11 Å². The zero-order valence-corrected chi connectivity index (χ0v) is 10.8. The van der Waals surface area contributed by atoms with Crippen molar-refractivity contribution in [2.75, 3.05) is 7.11 Å². The molecule has 0 saturated carbocycles. The number of rotatable bonds is 3. The molecule has 16 heavy (non-hydrogen) atoms. The molecule has 4 heteroatoms. The van der Waals surface area contributed by atoms with Crippen molar-refractivity contribution in [2.45, 2.75) is 25.0 Å². The first-order valence-corrected chi connectivity index (χ1v) is 5.95. The van der Waals surface area contributed by atoms with Crippen LogP contribution < -0.4 is 0 Å². The van der Waals surface area contributed by atoms with Crippen LogP contribution in [0.4, 0.5) is 0 Å². The molecule has 0 amide bonds. The summed E-state index contributed by atoms with van der Waals surface area (Å²) in [5, 5.41) is 0. The van der Waals surface area contributed by atoms with E-state index in [9.17, 15) is 4.79 Å². The van der Waals surface area contributed by atoms with Crippen molar-refractivity contribution in [1.82, 2.24) is 0 Å². The van der Waals surface area contributed by atoms with Gasteiger partial charge in [0.15, 0.2) is 6.10 Å². The number of esters is 1. The van der Waals surface area contributed by atoms with Crippen molar-refractivity contribution in [2.24, 2.45) is 0 Å². The highest BCUT2D eigenvalue weighted by molar-refractivity contribution is 9.10. The van der Waals surface area contributed by atoms with Crippen molar-refractivity contribution in [3.8, 4) is 0 Å². The molecular weight excluding hydrogens is 272 g/mol. The Bertz CT molecular complexity index is 418. The second-order valence-electron chi connectivity index (χ2n) is 3.77. The van der Waals surface area contributed by atoms with Gasteiger partial charge in [0.2, 0.25) is 0 Å². The predicted molar refractivity (Wildman–Crippen MR) is 63.0 cm³/mol. The van der Waals surface area contributed by atoms with Gasteiger partial charge in [0.05, 0.1) is 7.11 Å². The molecule has 0 spiro atoms. The van der Waals surface area contributed by atoms with Gasteiger partial charge in [0.25, 0.3) is 0 Å². The predicted octanol–water partition coefficient (Wildman–Crippen LogP) is 2.63. The van der Waals surface area contributed by atoms with E-state index in [2.05, 4.69) is 15.9 Å². The lowest BCUT2D eigenvalue weighted by Crippen LogP contribution is -2.19. The molecule has 1 aromatic carbocycles. The second kappa shape index (κ2) is 4.18. The molecule has 0 aliphatic carbocycles. The molecule has 2 unspecified atom stereocenters. The Kier molecular flexibility index (Phi) is 3.04. The fraction of sp³-hybridized carbons (Fsp3) is 0.417. The van der Waals surface area contributed by atoms with Gasteiger partial charge in [-0.15, -0.1) is 0 Å². The molecule has 1 saturated heterocycles. The minimum absolute atomic E-state index is 0.304. The monoisotopic (exact) mass is 284 g/mol. The fourth-order valence-electron chi connectivity index (χ4n) is 1.97. The number of carbonyl (C=O) groups excluding carboxylic acids is 1. The Morgan fingerprint density at radius 3 is 2.94 bits per heavy atom. The fourth-order valence-corrected chi connectivity index (χ4v) is 2.37. The first kappa shape index (κ1) is 11.6. The van der Waals surface area contributed by atoms with Gasteiger partial charge in [-0.2, -0.15) is 0 Å². The SMILES string of the molecule is CCC1(c2cccc(Br)c2)OC1C(=O)OC. The highest BCUT2D eigenvalue weighted by Gasteiger charge is 2.61.